The lowest BCUT2D eigenvalue weighted by atomic mass is 9.92. The van der Waals surface area contributed by atoms with Gasteiger partial charge in [-0.25, -0.2) is 0 Å². The first-order chi connectivity index (χ1) is 10.3. The van der Waals surface area contributed by atoms with Gasteiger partial charge >= 0.3 is 0 Å². The Hall–Kier alpha value is -0.0400. The molecule has 0 saturated heterocycles. The smallest absolute Gasteiger partial charge is 0.0659 e. The van der Waals surface area contributed by atoms with Crippen LogP contribution in [0.2, 0.25) is 0 Å². The van der Waals surface area contributed by atoms with Crippen molar-refractivity contribution >= 4 is 45.7 Å². The quantitative estimate of drug-likeness (QED) is 0.631. The normalized spacial score (nSPS) is 24.4. The van der Waals surface area contributed by atoms with Crippen molar-refractivity contribution in [3.63, 3.8) is 0 Å². The Balaban J connectivity index is 1.60. The van der Waals surface area contributed by atoms with E-state index in [4.69, 9.17) is 0 Å². The van der Waals surface area contributed by atoms with Crippen LogP contribution in [0.5, 0.6) is 0 Å². The molecule has 0 amide bonds. The molecule has 2 aromatic rings. The molecule has 110 valence electrons. The lowest BCUT2D eigenvalue weighted by Crippen LogP contribution is -2.30. The van der Waals surface area contributed by atoms with Crippen LogP contribution in [-0.2, 0) is 6.42 Å². The van der Waals surface area contributed by atoms with Gasteiger partial charge in [0.05, 0.1) is 2.88 Å². The molecule has 0 bridgehead atoms. The highest BCUT2D eigenvalue weighted by Crippen LogP contribution is 2.41. The lowest BCUT2D eigenvalue weighted by molar-refractivity contribution is 0.392. The maximum Gasteiger partial charge on any atom is 0.0659 e. The molecule has 2 unspecified atom stereocenters. The molecule has 0 fully saturated rings. The van der Waals surface area contributed by atoms with Gasteiger partial charge in [0.25, 0.3) is 0 Å². The van der Waals surface area contributed by atoms with Gasteiger partial charge in [-0.05, 0) is 77.3 Å². The van der Waals surface area contributed by atoms with Crippen molar-refractivity contribution < 1.29 is 0 Å². The van der Waals surface area contributed by atoms with E-state index in [1.165, 1.54) is 44.8 Å². The number of hydrogen-bond acceptors (Lipinski definition) is 3. The van der Waals surface area contributed by atoms with Gasteiger partial charge in [-0.1, -0.05) is 18.2 Å². The van der Waals surface area contributed by atoms with E-state index < -0.39 is 0 Å². The van der Waals surface area contributed by atoms with Crippen molar-refractivity contribution in [1.29, 1.82) is 0 Å². The van der Waals surface area contributed by atoms with E-state index >= 15 is 0 Å². The summed E-state index contributed by atoms with van der Waals surface area (Å²) in [5, 5.41) is 3.97. The van der Waals surface area contributed by atoms with Crippen molar-refractivity contribution in [2.75, 3.05) is 5.75 Å². The number of thioether (sulfide) groups is 1. The summed E-state index contributed by atoms with van der Waals surface area (Å²) < 4.78 is 1.44. The molecule has 1 aliphatic carbocycles. The fourth-order valence-electron chi connectivity index (χ4n) is 3.45. The molecule has 21 heavy (non-hydrogen) atoms. The second-order valence-corrected chi connectivity index (χ2v) is 9.94. The minimum Gasteiger partial charge on any atom is -0.303 e. The molecule has 2 aliphatic rings. The van der Waals surface area contributed by atoms with Gasteiger partial charge < -0.3 is 5.32 Å². The molecular formula is C17H18INS2. The number of benzene rings is 1. The Morgan fingerprint density at radius 2 is 1.95 bits per heavy atom. The minimum atomic E-state index is 0.524. The standard InChI is InChI=1S/C17H18INS2/c18-17-10-12-13(5-3-7-16(12)21-17)19-14-8-9-20-15-6-2-1-4-11(14)15/h1-2,4,6,10,13-14,19H,3,5,7-9H2. The zero-order valence-electron chi connectivity index (χ0n) is 11.8. The van der Waals surface area contributed by atoms with Crippen molar-refractivity contribution in [3.05, 3.63) is 49.2 Å². The third-order valence-corrected chi connectivity index (χ3v) is 7.54. The van der Waals surface area contributed by atoms with Crippen molar-refractivity contribution in [2.24, 2.45) is 0 Å². The van der Waals surface area contributed by atoms with E-state index in [0.29, 0.717) is 12.1 Å². The molecule has 0 radical (unpaired) electrons. The van der Waals surface area contributed by atoms with Crippen LogP contribution >= 0.6 is 45.7 Å². The van der Waals surface area contributed by atoms with Gasteiger partial charge in [-0.15, -0.1) is 23.1 Å². The third-order valence-electron chi connectivity index (χ3n) is 4.44. The summed E-state index contributed by atoms with van der Waals surface area (Å²) >= 11 is 6.46. The second-order valence-electron chi connectivity index (χ2n) is 5.77. The number of thiophene rings is 1. The minimum absolute atomic E-state index is 0.524. The molecule has 0 saturated carbocycles. The summed E-state index contributed by atoms with van der Waals surface area (Å²) in [5.74, 6) is 1.23. The molecule has 1 N–H and O–H groups in total. The van der Waals surface area contributed by atoms with E-state index in [2.05, 4.69) is 58.2 Å². The Morgan fingerprint density at radius 1 is 1.10 bits per heavy atom. The highest BCUT2D eigenvalue weighted by molar-refractivity contribution is 14.1. The lowest BCUT2D eigenvalue weighted by Gasteiger charge is -2.32. The summed E-state index contributed by atoms with van der Waals surface area (Å²) in [4.78, 5) is 3.08. The Kier molecular flexibility index (Phi) is 4.31. The number of fused-ring (bicyclic) bond motifs is 2. The van der Waals surface area contributed by atoms with Crippen LogP contribution < -0.4 is 5.32 Å². The predicted octanol–water partition coefficient (Wildman–Crippen LogP) is 5.56. The monoisotopic (exact) mass is 427 g/mol. The van der Waals surface area contributed by atoms with Crippen molar-refractivity contribution in [1.82, 2.24) is 5.32 Å². The summed E-state index contributed by atoms with van der Waals surface area (Å²) in [6, 6.07) is 12.4. The Labute approximate surface area is 148 Å². The van der Waals surface area contributed by atoms with E-state index in [1.54, 1.807) is 10.4 Å². The van der Waals surface area contributed by atoms with Gasteiger partial charge in [0.2, 0.25) is 0 Å². The second kappa shape index (κ2) is 6.22. The van der Waals surface area contributed by atoms with Crippen LogP contribution in [0.1, 0.15) is 47.4 Å². The van der Waals surface area contributed by atoms with Crippen LogP contribution in [0.3, 0.4) is 0 Å². The molecule has 4 rings (SSSR count). The van der Waals surface area contributed by atoms with Gasteiger partial charge in [-0.3, -0.25) is 0 Å². The van der Waals surface area contributed by atoms with Crippen molar-refractivity contribution in [2.45, 2.75) is 42.7 Å². The first-order valence-electron chi connectivity index (χ1n) is 7.57. The zero-order chi connectivity index (χ0) is 14.2. The first kappa shape index (κ1) is 14.5. The number of nitrogens with one attached hydrogen (secondary N) is 1. The zero-order valence-corrected chi connectivity index (χ0v) is 15.6. The number of aryl methyl sites for hydroxylation is 1. The van der Waals surface area contributed by atoms with Crippen LogP contribution in [0.4, 0.5) is 0 Å². The van der Waals surface area contributed by atoms with Gasteiger partial charge in [-0.2, -0.15) is 0 Å². The fraction of sp³-hybridized carbons (Fsp3) is 0.412. The molecule has 1 aromatic heterocycles. The average molecular weight is 427 g/mol. The molecule has 1 aliphatic heterocycles. The number of halogens is 1. The van der Waals surface area contributed by atoms with Crippen LogP contribution in [-0.4, -0.2) is 5.75 Å². The molecular weight excluding hydrogens is 409 g/mol. The molecule has 1 nitrogen and oxygen atoms in total. The first-order valence-corrected chi connectivity index (χ1v) is 10.5. The molecule has 4 heteroatoms. The van der Waals surface area contributed by atoms with Gasteiger partial charge in [0.15, 0.2) is 0 Å². The van der Waals surface area contributed by atoms with Crippen LogP contribution in [0.15, 0.2) is 35.2 Å². The molecule has 1 aromatic carbocycles. The largest absolute Gasteiger partial charge is 0.303 e. The fourth-order valence-corrected chi connectivity index (χ4v) is 6.70. The summed E-state index contributed by atoms with van der Waals surface area (Å²) in [5.41, 5.74) is 3.08. The number of hydrogen-bond donors (Lipinski definition) is 1. The molecule has 2 heterocycles. The van der Waals surface area contributed by atoms with Crippen LogP contribution in [0, 0.1) is 2.88 Å². The highest BCUT2D eigenvalue weighted by Gasteiger charge is 2.27. The number of rotatable bonds is 2. The summed E-state index contributed by atoms with van der Waals surface area (Å²) in [7, 11) is 0. The van der Waals surface area contributed by atoms with E-state index in [0.717, 1.165) is 0 Å². The predicted molar refractivity (Wildman–Crippen MR) is 100 cm³/mol. The Morgan fingerprint density at radius 3 is 2.90 bits per heavy atom. The summed E-state index contributed by atoms with van der Waals surface area (Å²) in [6.07, 6.45) is 5.13. The molecule has 2 atom stereocenters. The van der Waals surface area contributed by atoms with Gasteiger partial charge in [0, 0.05) is 21.9 Å². The molecule has 0 spiro atoms. The topological polar surface area (TPSA) is 12.0 Å². The highest BCUT2D eigenvalue weighted by atomic mass is 127. The Bertz CT molecular complexity index is 652. The third kappa shape index (κ3) is 2.92. The van der Waals surface area contributed by atoms with E-state index in [9.17, 15) is 0 Å². The maximum absolute atomic E-state index is 3.97. The van der Waals surface area contributed by atoms with Gasteiger partial charge in [0.1, 0.15) is 0 Å². The van der Waals surface area contributed by atoms with Crippen LogP contribution in [0.25, 0.3) is 0 Å². The van der Waals surface area contributed by atoms with E-state index in [-0.39, 0.29) is 0 Å². The average Bonchev–Trinajstić information content (AvgIpc) is 2.89. The van der Waals surface area contributed by atoms with Crippen molar-refractivity contribution in [3.8, 4) is 0 Å². The SMILES string of the molecule is Ic1cc2c(s1)CCCC2NC1CCSc2ccccc21. The summed E-state index contributed by atoms with van der Waals surface area (Å²) in [6.45, 7) is 0. The maximum atomic E-state index is 3.97. The van der Waals surface area contributed by atoms with E-state index in [1.807, 2.05) is 23.1 Å².